The molecule has 0 radical (unpaired) electrons. The van der Waals surface area contributed by atoms with Crippen molar-refractivity contribution in [2.45, 2.75) is 44.1 Å². The summed E-state index contributed by atoms with van der Waals surface area (Å²) >= 11 is 0. The van der Waals surface area contributed by atoms with E-state index in [0.29, 0.717) is 25.7 Å². The van der Waals surface area contributed by atoms with Gasteiger partial charge in [-0.2, -0.15) is 0 Å². The molecule has 17 heavy (non-hydrogen) atoms. The molecule has 0 aromatic carbocycles. The fourth-order valence-electron chi connectivity index (χ4n) is 2.79. The van der Waals surface area contributed by atoms with Gasteiger partial charge in [0.15, 0.2) is 0 Å². The third-order valence-electron chi connectivity index (χ3n) is 4.07. The summed E-state index contributed by atoms with van der Waals surface area (Å²) in [6, 6.07) is 0. The van der Waals surface area contributed by atoms with Crippen molar-refractivity contribution in [1.82, 2.24) is 4.90 Å². The molecule has 5 heteroatoms. The van der Waals surface area contributed by atoms with Gasteiger partial charge in [0.25, 0.3) is 0 Å². The Balaban J connectivity index is 1.90. The Hall–Kier alpha value is -1.10. The predicted molar refractivity (Wildman–Crippen MR) is 62.3 cm³/mol. The van der Waals surface area contributed by atoms with Crippen LogP contribution in [0.25, 0.3) is 0 Å². The Morgan fingerprint density at radius 2 is 1.71 bits per heavy atom. The second-order valence-electron chi connectivity index (χ2n) is 5.27. The Morgan fingerprint density at radius 3 is 2.18 bits per heavy atom. The molecule has 0 spiro atoms. The van der Waals surface area contributed by atoms with Crippen LogP contribution in [0.5, 0.6) is 0 Å². The number of likely N-dealkylation sites (tertiary alicyclic amines) is 1. The number of carboxylic acids is 1. The average molecular weight is 240 g/mol. The lowest BCUT2D eigenvalue weighted by atomic mass is 9.76. The highest BCUT2D eigenvalue weighted by molar-refractivity contribution is 5.81. The van der Waals surface area contributed by atoms with Crippen molar-refractivity contribution in [1.29, 1.82) is 0 Å². The van der Waals surface area contributed by atoms with Crippen LogP contribution in [0.3, 0.4) is 0 Å². The van der Waals surface area contributed by atoms with E-state index in [0.717, 1.165) is 25.9 Å². The molecule has 1 aliphatic carbocycles. The first-order valence-electron chi connectivity index (χ1n) is 6.34. The highest BCUT2D eigenvalue weighted by Crippen LogP contribution is 2.32. The van der Waals surface area contributed by atoms with Gasteiger partial charge in [-0.05, 0) is 38.5 Å². The number of carbonyl (C=O) groups excluding carboxylic acids is 1. The van der Waals surface area contributed by atoms with Crippen LogP contribution in [0.1, 0.15) is 38.5 Å². The van der Waals surface area contributed by atoms with Crippen molar-refractivity contribution in [2.24, 2.45) is 11.7 Å². The Labute approximate surface area is 101 Å². The summed E-state index contributed by atoms with van der Waals surface area (Å²) < 4.78 is 0. The molecule has 0 aromatic rings. The van der Waals surface area contributed by atoms with E-state index in [1.165, 1.54) is 0 Å². The standard InChI is InChI=1S/C12H20N2O3/c13-12(11(16)17)5-3-9(4-6-12)10(15)14-7-1-2-8-14/h9H,1-8,13H2,(H,16,17). The first kappa shape index (κ1) is 12.4. The molecule has 5 nitrogen and oxygen atoms in total. The molecule has 1 saturated carbocycles. The second-order valence-corrected chi connectivity index (χ2v) is 5.27. The summed E-state index contributed by atoms with van der Waals surface area (Å²) in [5.74, 6) is -0.747. The Morgan fingerprint density at radius 1 is 1.18 bits per heavy atom. The first-order valence-corrected chi connectivity index (χ1v) is 6.34. The predicted octanol–water partition coefficient (Wildman–Crippen LogP) is 0.581. The van der Waals surface area contributed by atoms with Crippen LogP contribution < -0.4 is 5.73 Å². The molecule has 2 rings (SSSR count). The number of hydrogen-bond acceptors (Lipinski definition) is 3. The Kier molecular flexibility index (Phi) is 3.38. The van der Waals surface area contributed by atoms with Crippen molar-refractivity contribution < 1.29 is 14.7 Å². The maximum atomic E-state index is 12.1. The molecule has 1 saturated heterocycles. The van der Waals surface area contributed by atoms with Gasteiger partial charge in [-0.3, -0.25) is 9.59 Å². The highest BCUT2D eigenvalue weighted by Gasteiger charge is 2.41. The maximum absolute atomic E-state index is 12.1. The molecule has 96 valence electrons. The van der Waals surface area contributed by atoms with E-state index in [1.54, 1.807) is 0 Å². The first-order chi connectivity index (χ1) is 8.03. The SMILES string of the molecule is NC1(C(=O)O)CCC(C(=O)N2CCCC2)CC1. The van der Waals surface area contributed by atoms with Gasteiger partial charge in [-0.25, -0.2) is 0 Å². The number of aliphatic carboxylic acids is 1. The van der Waals surface area contributed by atoms with Crippen LogP contribution in [0.2, 0.25) is 0 Å². The number of carboxylic acid groups (broad SMARTS) is 1. The van der Waals surface area contributed by atoms with Gasteiger partial charge in [-0.1, -0.05) is 0 Å². The number of nitrogens with two attached hydrogens (primary N) is 1. The number of hydrogen-bond donors (Lipinski definition) is 2. The van der Waals surface area contributed by atoms with Gasteiger partial charge >= 0.3 is 5.97 Å². The van der Waals surface area contributed by atoms with E-state index >= 15 is 0 Å². The van der Waals surface area contributed by atoms with Crippen LogP contribution in [-0.4, -0.2) is 40.5 Å². The average Bonchev–Trinajstić information content (AvgIpc) is 2.82. The monoisotopic (exact) mass is 240 g/mol. The molecule has 1 heterocycles. The zero-order valence-electron chi connectivity index (χ0n) is 10.0. The van der Waals surface area contributed by atoms with Crippen LogP contribution in [0.15, 0.2) is 0 Å². The summed E-state index contributed by atoms with van der Waals surface area (Å²) in [6.07, 6.45) is 4.22. The van der Waals surface area contributed by atoms with E-state index in [4.69, 9.17) is 10.8 Å². The van der Waals surface area contributed by atoms with Crippen LogP contribution in [-0.2, 0) is 9.59 Å². The quantitative estimate of drug-likeness (QED) is 0.739. The van der Waals surface area contributed by atoms with Crippen LogP contribution in [0, 0.1) is 5.92 Å². The number of rotatable bonds is 2. The van der Waals surface area contributed by atoms with Crippen molar-refractivity contribution in [2.75, 3.05) is 13.1 Å². The molecule has 0 atom stereocenters. The molecule has 2 aliphatic rings. The third-order valence-corrected chi connectivity index (χ3v) is 4.07. The van der Waals surface area contributed by atoms with Crippen molar-refractivity contribution in [3.8, 4) is 0 Å². The summed E-state index contributed by atoms with van der Waals surface area (Å²) in [4.78, 5) is 25.0. The summed E-state index contributed by atoms with van der Waals surface area (Å²) in [7, 11) is 0. The van der Waals surface area contributed by atoms with Crippen molar-refractivity contribution in [3.63, 3.8) is 0 Å². The fourth-order valence-corrected chi connectivity index (χ4v) is 2.79. The highest BCUT2D eigenvalue weighted by atomic mass is 16.4. The molecular formula is C12H20N2O3. The third kappa shape index (κ3) is 2.44. The van der Waals surface area contributed by atoms with E-state index in [-0.39, 0.29) is 11.8 Å². The fraction of sp³-hybridized carbons (Fsp3) is 0.833. The van der Waals surface area contributed by atoms with Gasteiger partial charge in [0.2, 0.25) is 5.91 Å². The van der Waals surface area contributed by atoms with E-state index in [2.05, 4.69) is 0 Å². The lowest BCUT2D eigenvalue weighted by Gasteiger charge is -2.34. The van der Waals surface area contributed by atoms with Gasteiger partial charge in [-0.15, -0.1) is 0 Å². The smallest absolute Gasteiger partial charge is 0.323 e. The molecule has 2 fully saturated rings. The molecular weight excluding hydrogens is 220 g/mol. The number of nitrogens with zero attached hydrogens (tertiary/aromatic N) is 1. The van der Waals surface area contributed by atoms with E-state index in [1.807, 2.05) is 4.90 Å². The molecule has 0 unspecified atom stereocenters. The lowest BCUT2D eigenvalue weighted by molar-refractivity contribution is -0.147. The minimum Gasteiger partial charge on any atom is -0.480 e. The van der Waals surface area contributed by atoms with Gasteiger partial charge in [0, 0.05) is 19.0 Å². The largest absolute Gasteiger partial charge is 0.480 e. The van der Waals surface area contributed by atoms with Crippen LogP contribution in [0.4, 0.5) is 0 Å². The van der Waals surface area contributed by atoms with Crippen molar-refractivity contribution in [3.05, 3.63) is 0 Å². The molecule has 3 N–H and O–H groups in total. The number of carbonyl (C=O) groups is 2. The molecule has 0 aromatic heterocycles. The minimum atomic E-state index is -1.11. The number of amides is 1. The summed E-state index contributed by atoms with van der Waals surface area (Å²) in [5, 5.41) is 9.01. The zero-order valence-corrected chi connectivity index (χ0v) is 10.0. The van der Waals surface area contributed by atoms with Crippen molar-refractivity contribution >= 4 is 11.9 Å². The summed E-state index contributed by atoms with van der Waals surface area (Å²) in [6.45, 7) is 1.73. The lowest BCUT2D eigenvalue weighted by Crippen LogP contribution is -2.51. The topological polar surface area (TPSA) is 83.6 Å². The zero-order chi connectivity index (χ0) is 12.5. The van der Waals surface area contributed by atoms with Gasteiger partial charge in [0.1, 0.15) is 5.54 Å². The molecule has 1 aliphatic heterocycles. The molecule has 0 bridgehead atoms. The van der Waals surface area contributed by atoms with Gasteiger partial charge in [0.05, 0.1) is 0 Å². The van der Waals surface area contributed by atoms with E-state index < -0.39 is 11.5 Å². The maximum Gasteiger partial charge on any atom is 0.323 e. The van der Waals surface area contributed by atoms with Gasteiger partial charge < -0.3 is 15.7 Å². The summed E-state index contributed by atoms with van der Waals surface area (Å²) in [5.41, 5.74) is 4.68. The second kappa shape index (κ2) is 4.64. The van der Waals surface area contributed by atoms with Crippen LogP contribution >= 0.6 is 0 Å². The molecule has 1 amide bonds. The minimum absolute atomic E-state index is 0.0101. The Bertz CT molecular complexity index is 316. The van der Waals surface area contributed by atoms with E-state index in [9.17, 15) is 9.59 Å². The normalized spacial score (nSPS) is 33.7.